The first-order valence-corrected chi connectivity index (χ1v) is 3.86. The summed E-state index contributed by atoms with van der Waals surface area (Å²) < 4.78 is 1.30. The first-order valence-electron chi connectivity index (χ1n) is 3.86. The van der Waals surface area contributed by atoms with E-state index in [9.17, 15) is 14.7 Å². The van der Waals surface area contributed by atoms with Gasteiger partial charge in [0.25, 0.3) is 0 Å². The molecule has 0 spiro atoms. The minimum atomic E-state index is -1.39. The van der Waals surface area contributed by atoms with Gasteiger partial charge < -0.3 is 25.3 Å². The van der Waals surface area contributed by atoms with Crippen LogP contribution in [0.25, 0.3) is 0 Å². The first kappa shape index (κ1) is 14.2. The van der Waals surface area contributed by atoms with E-state index in [1.165, 1.54) is 10.8 Å². The summed E-state index contributed by atoms with van der Waals surface area (Å²) in [5.74, 6) is -1.83. The van der Waals surface area contributed by atoms with Crippen LogP contribution in [0.4, 0.5) is 0 Å². The second-order valence-electron chi connectivity index (χ2n) is 2.82. The number of pyridine rings is 1. The number of carbonyl (C=O) groups excluding carboxylic acids is 1. The van der Waals surface area contributed by atoms with Crippen molar-refractivity contribution >= 4 is 5.97 Å². The van der Waals surface area contributed by atoms with Gasteiger partial charge in [0.2, 0.25) is 5.43 Å². The Kier molecular flexibility index (Phi) is 5.59. The van der Waals surface area contributed by atoms with Crippen molar-refractivity contribution < 1.29 is 44.6 Å². The van der Waals surface area contributed by atoms with Gasteiger partial charge in [-0.3, -0.25) is 4.79 Å². The summed E-state index contributed by atoms with van der Waals surface area (Å²) in [6.45, 7) is -0.0594. The summed E-state index contributed by atoms with van der Waals surface area (Å²) >= 11 is 0. The molecule has 1 aromatic heterocycles. The van der Waals surface area contributed by atoms with Crippen molar-refractivity contribution in [1.29, 1.82) is 0 Å². The fraction of sp³-hybridized carbons (Fsp3) is 0.250. The molecule has 1 aromatic rings. The quantitative estimate of drug-likeness (QED) is 0.494. The van der Waals surface area contributed by atoms with Crippen LogP contribution in [0, 0.1) is 0 Å². The zero-order chi connectivity index (χ0) is 10.7. The Morgan fingerprint density at radius 1 is 1.67 bits per heavy atom. The van der Waals surface area contributed by atoms with Gasteiger partial charge in [0.1, 0.15) is 0 Å². The van der Waals surface area contributed by atoms with Crippen LogP contribution in [0.5, 0.6) is 5.75 Å². The van der Waals surface area contributed by atoms with E-state index in [0.717, 1.165) is 12.3 Å². The second kappa shape index (κ2) is 5.92. The molecule has 0 saturated heterocycles. The van der Waals surface area contributed by atoms with E-state index in [0.29, 0.717) is 0 Å². The molecule has 76 valence electrons. The number of carboxylic acid groups (broad SMARTS) is 1. The van der Waals surface area contributed by atoms with Crippen molar-refractivity contribution in [1.82, 2.24) is 4.57 Å². The maximum atomic E-state index is 10.8. The maximum absolute atomic E-state index is 10.8. The smallest absolute Gasteiger partial charge is 0.548 e. The van der Waals surface area contributed by atoms with Crippen molar-refractivity contribution in [2.24, 2.45) is 5.73 Å². The minimum Gasteiger partial charge on any atom is -0.548 e. The number of aromatic nitrogens is 1. The van der Waals surface area contributed by atoms with Gasteiger partial charge in [-0.05, 0) is 0 Å². The van der Waals surface area contributed by atoms with Gasteiger partial charge in [0, 0.05) is 25.0 Å². The number of aliphatic carboxylic acids is 1. The number of aromatic hydroxyl groups is 1. The van der Waals surface area contributed by atoms with Crippen LogP contribution < -0.4 is 45.8 Å². The Morgan fingerprint density at radius 3 is 2.73 bits per heavy atom. The molecular formula is C8H9N2NaO4. The molecule has 7 heteroatoms. The summed E-state index contributed by atoms with van der Waals surface area (Å²) in [4.78, 5) is 21.0. The van der Waals surface area contributed by atoms with Crippen LogP contribution in [-0.4, -0.2) is 21.7 Å². The third kappa shape index (κ3) is 4.05. The van der Waals surface area contributed by atoms with Crippen molar-refractivity contribution in [2.75, 3.05) is 0 Å². The molecular weight excluding hydrogens is 211 g/mol. The van der Waals surface area contributed by atoms with Gasteiger partial charge in [0.05, 0.1) is 12.0 Å². The molecule has 0 unspecified atom stereocenters. The Balaban J connectivity index is 0.00000196. The second-order valence-corrected chi connectivity index (χ2v) is 2.82. The van der Waals surface area contributed by atoms with Crippen molar-refractivity contribution in [3.8, 4) is 5.75 Å². The molecule has 0 fully saturated rings. The molecule has 15 heavy (non-hydrogen) atoms. The number of hydrogen-bond acceptors (Lipinski definition) is 5. The number of carboxylic acids is 1. The van der Waals surface area contributed by atoms with Crippen LogP contribution in [-0.2, 0) is 11.3 Å². The van der Waals surface area contributed by atoms with Gasteiger partial charge in [-0.1, -0.05) is 0 Å². The number of nitrogens with zero attached hydrogens (tertiary/aromatic N) is 1. The van der Waals surface area contributed by atoms with Crippen LogP contribution >= 0.6 is 0 Å². The Labute approximate surface area is 108 Å². The molecule has 0 saturated carbocycles. The summed E-state index contributed by atoms with van der Waals surface area (Å²) in [5.41, 5.74) is 4.67. The average Bonchev–Trinajstić information content (AvgIpc) is 2.11. The topological polar surface area (TPSA) is 108 Å². The van der Waals surface area contributed by atoms with Crippen LogP contribution in [0.1, 0.15) is 0 Å². The molecule has 0 bridgehead atoms. The van der Waals surface area contributed by atoms with Crippen LogP contribution in [0.2, 0.25) is 0 Å². The maximum Gasteiger partial charge on any atom is 1.00 e. The van der Waals surface area contributed by atoms with E-state index in [4.69, 9.17) is 10.8 Å². The molecule has 0 aliphatic rings. The molecule has 1 rings (SSSR count). The van der Waals surface area contributed by atoms with Gasteiger partial charge in [-0.2, -0.15) is 0 Å². The van der Waals surface area contributed by atoms with Gasteiger partial charge >= 0.3 is 29.6 Å². The van der Waals surface area contributed by atoms with E-state index in [-0.39, 0.29) is 36.1 Å². The van der Waals surface area contributed by atoms with E-state index in [1.54, 1.807) is 0 Å². The summed E-state index contributed by atoms with van der Waals surface area (Å²) in [6, 6.07) is -0.0472. The van der Waals surface area contributed by atoms with E-state index in [1.807, 2.05) is 0 Å². The number of hydrogen-bond donors (Lipinski definition) is 2. The fourth-order valence-electron chi connectivity index (χ4n) is 0.928. The largest absolute Gasteiger partial charge is 1.00 e. The fourth-order valence-corrected chi connectivity index (χ4v) is 0.928. The molecule has 3 N–H and O–H groups in total. The zero-order valence-corrected chi connectivity index (χ0v) is 10.2. The predicted octanol–water partition coefficient (Wildman–Crippen LogP) is -5.36. The van der Waals surface area contributed by atoms with E-state index in [2.05, 4.69) is 0 Å². The molecule has 1 atom stereocenters. The molecule has 0 aliphatic carbocycles. The molecule has 1 heterocycles. The Hall–Kier alpha value is -0.820. The van der Waals surface area contributed by atoms with Gasteiger partial charge in [-0.15, -0.1) is 0 Å². The van der Waals surface area contributed by atoms with Crippen molar-refractivity contribution in [2.45, 2.75) is 12.6 Å². The summed E-state index contributed by atoms with van der Waals surface area (Å²) in [6.07, 6.45) is 2.45. The summed E-state index contributed by atoms with van der Waals surface area (Å²) in [7, 11) is 0. The van der Waals surface area contributed by atoms with Gasteiger partial charge in [0.15, 0.2) is 5.75 Å². The van der Waals surface area contributed by atoms with Crippen LogP contribution in [0.3, 0.4) is 0 Å². The summed E-state index contributed by atoms with van der Waals surface area (Å²) in [5, 5.41) is 19.3. The Morgan fingerprint density at radius 2 is 2.27 bits per heavy atom. The normalized spacial score (nSPS) is 11.5. The molecule has 0 amide bonds. The van der Waals surface area contributed by atoms with Crippen molar-refractivity contribution in [3.63, 3.8) is 0 Å². The zero-order valence-electron chi connectivity index (χ0n) is 8.21. The third-order valence-electron chi connectivity index (χ3n) is 1.67. The van der Waals surface area contributed by atoms with E-state index >= 15 is 0 Å². The monoisotopic (exact) mass is 220 g/mol. The molecule has 0 aromatic carbocycles. The van der Waals surface area contributed by atoms with Gasteiger partial charge in [-0.25, -0.2) is 0 Å². The van der Waals surface area contributed by atoms with Crippen LogP contribution in [0.15, 0.2) is 23.3 Å². The van der Waals surface area contributed by atoms with Crippen molar-refractivity contribution in [3.05, 3.63) is 28.7 Å². The molecule has 0 aliphatic heterocycles. The average molecular weight is 220 g/mol. The first-order chi connectivity index (χ1) is 6.50. The molecule has 0 radical (unpaired) electrons. The standard InChI is InChI=1S/C8H10N2O4.Na/c9-5(8(13)14)3-10-2-1-6(11)7(12)4-10;/h1-2,4-5,12H,3,9H2,(H,13,14);/q;+1/p-1/t5-;/m0./s1. The Bertz CT molecular complexity index is 404. The third-order valence-corrected chi connectivity index (χ3v) is 1.67. The minimum absolute atomic E-state index is 0. The predicted molar refractivity (Wildman–Crippen MR) is 45.3 cm³/mol. The SMILES string of the molecule is N[C@@H](Cn1ccc(=O)c(O)c1)C(=O)[O-].[Na+]. The number of carbonyl (C=O) groups is 1. The van der Waals surface area contributed by atoms with E-state index < -0.39 is 23.2 Å². The number of nitrogens with two attached hydrogens (primary N) is 1. The molecule has 6 nitrogen and oxygen atoms in total. The number of rotatable bonds is 3.